The zero-order valence-electron chi connectivity index (χ0n) is 10.8. The van der Waals surface area contributed by atoms with Crippen molar-refractivity contribution in [1.82, 2.24) is 4.90 Å². The van der Waals surface area contributed by atoms with E-state index in [0.29, 0.717) is 12.1 Å². The highest BCUT2D eigenvalue weighted by molar-refractivity contribution is 5.97. The van der Waals surface area contributed by atoms with E-state index in [9.17, 15) is 31.1 Å². The molecule has 1 aromatic carbocycles. The van der Waals surface area contributed by atoms with Gasteiger partial charge in [0.15, 0.2) is 0 Å². The lowest BCUT2D eigenvalue weighted by Crippen LogP contribution is -2.22. The van der Waals surface area contributed by atoms with Gasteiger partial charge in [-0.3, -0.25) is 4.79 Å². The van der Waals surface area contributed by atoms with Crippen molar-refractivity contribution in [3.8, 4) is 0 Å². The normalized spacial score (nSPS) is 24.4. The van der Waals surface area contributed by atoms with Crippen LogP contribution in [0.2, 0.25) is 0 Å². The van der Waals surface area contributed by atoms with Gasteiger partial charge in [-0.25, -0.2) is 0 Å². The molecule has 2 aliphatic heterocycles. The van der Waals surface area contributed by atoms with Gasteiger partial charge in [0.05, 0.1) is 36.4 Å². The standard InChI is InChI=1S/C13H9F6NO2/c14-12(15,16)7-1-6(2-8(3-7)13(17,18)19)11(21)20-9-4-22-5-10(9)20/h1-3,9-10H,4-5H2/t9-,10+,20?. The van der Waals surface area contributed by atoms with Crippen LogP contribution in [0.4, 0.5) is 26.3 Å². The van der Waals surface area contributed by atoms with E-state index in [0.717, 1.165) is 0 Å². The highest BCUT2D eigenvalue weighted by Gasteiger charge is 2.55. The van der Waals surface area contributed by atoms with Gasteiger partial charge >= 0.3 is 12.4 Å². The first kappa shape index (κ1) is 15.1. The molecule has 1 amide bonds. The van der Waals surface area contributed by atoms with Gasteiger partial charge in [-0.15, -0.1) is 0 Å². The minimum absolute atomic E-state index is 0.00293. The van der Waals surface area contributed by atoms with Gasteiger partial charge in [0, 0.05) is 5.56 Å². The van der Waals surface area contributed by atoms with Crippen molar-refractivity contribution in [2.24, 2.45) is 0 Å². The van der Waals surface area contributed by atoms with Crippen LogP contribution in [0.15, 0.2) is 18.2 Å². The monoisotopic (exact) mass is 325 g/mol. The summed E-state index contributed by atoms with van der Waals surface area (Å²) in [6, 6.07) is 0.398. The summed E-state index contributed by atoms with van der Waals surface area (Å²) < 4.78 is 81.4. The number of ether oxygens (including phenoxy) is 1. The molecule has 2 atom stereocenters. The number of halogens is 6. The molecule has 0 aliphatic carbocycles. The van der Waals surface area contributed by atoms with E-state index in [1.165, 1.54) is 4.90 Å². The maximum Gasteiger partial charge on any atom is 0.416 e. The number of benzene rings is 1. The molecule has 0 N–H and O–H groups in total. The molecular formula is C13H9F6NO2. The summed E-state index contributed by atoms with van der Waals surface area (Å²) >= 11 is 0. The molecule has 120 valence electrons. The number of nitrogens with zero attached hydrogens (tertiary/aromatic N) is 1. The van der Waals surface area contributed by atoms with Crippen molar-refractivity contribution < 1.29 is 35.9 Å². The third kappa shape index (κ3) is 2.53. The quantitative estimate of drug-likeness (QED) is 0.587. The number of carbonyl (C=O) groups excluding carboxylic acids is 1. The van der Waals surface area contributed by atoms with E-state index in [4.69, 9.17) is 4.74 Å². The summed E-state index contributed by atoms with van der Waals surface area (Å²) in [4.78, 5) is 13.4. The molecule has 0 spiro atoms. The average Bonchev–Trinajstić information content (AvgIpc) is 2.87. The number of carbonyl (C=O) groups is 1. The first-order valence-electron chi connectivity index (χ1n) is 6.29. The smallest absolute Gasteiger partial charge is 0.377 e. The molecule has 2 aliphatic rings. The Morgan fingerprint density at radius 1 is 0.955 bits per heavy atom. The molecule has 2 fully saturated rings. The number of alkyl halides is 6. The first-order chi connectivity index (χ1) is 10.1. The second kappa shape index (κ2) is 4.61. The van der Waals surface area contributed by atoms with Crippen molar-refractivity contribution in [2.75, 3.05) is 13.2 Å². The fourth-order valence-electron chi connectivity index (χ4n) is 2.56. The molecule has 2 heterocycles. The summed E-state index contributed by atoms with van der Waals surface area (Å²) in [5, 5.41) is 0. The Bertz CT molecular complexity index is 582. The molecule has 9 heteroatoms. The zero-order valence-corrected chi connectivity index (χ0v) is 10.8. The minimum Gasteiger partial charge on any atom is -0.377 e. The largest absolute Gasteiger partial charge is 0.416 e. The molecule has 0 radical (unpaired) electrons. The third-order valence-electron chi connectivity index (χ3n) is 3.72. The van der Waals surface area contributed by atoms with Gasteiger partial charge in [0.1, 0.15) is 0 Å². The Morgan fingerprint density at radius 3 is 1.82 bits per heavy atom. The van der Waals surface area contributed by atoms with Crippen molar-refractivity contribution in [1.29, 1.82) is 0 Å². The Labute approximate surface area is 120 Å². The predicted molar refractivity (Wildman–Crippen MR) is 61.0 cm³/mol. The van der Waals surface area contributed by atoms with Crippen molar-refractivity contribution >= 4 is 5.91 Å². The number of hydrogen-bond donors (Lipinski definition) is 0. The molecule has 2 saturated heterocycles. The van der Waals surface area contributed by atoms with Gasteiger partial charge < -0.3 is 9.64 Å². The van der Waals surface area contributed by atoms with Crippen molar-refractivity contribution in [2.45, 2.75) is 24.4 Å². The maximum absolute atomic E-state index is 12.7. The van der Waals surface area contributed by atoms with E-state index < -0.39 is 35.0 Å². The molecule has 1 aromatic rings. The van der Waals surface area contributed by atoms with Crippen LogP contribution in [-0.4, -0.2) is 36.1 Å². The van der Waals surface area contributed by atoms with Crippen LogP contribution in [0.25, 0.3) is 0 Å². The zero-order chi connectivity index (χ0) is 16.3. The SMILES string of the molecule is O=C(c1cc(C(F)(F)F)cc(C(F)(F)F)c1)N1[C@@H]2COC[C@@H]21. The molecule has 3 rings (SSSR count). The Morgan fingerprint density at radius 2 is 1.41 bits per heavy atom. The van der Waals surface area contributed by atoms with Crippen LogP contribution in [0.3, 0.4) is 0 Å². The van der Waals surface area contributed by atoms with E-state index in [1.54, 1.807) is 0 Å². The second-order valence-electron chi connectivity index (χ2n) is 5.18. The Hall–Kier alpha value is -1.77. The minimum atomic E-state index is -4.96. The first-order valence-corrected chi connectivity index (χ1v) is 6.29. The Balaban J connectivity index is 1.98. The molecule has 22 heavy (non-hydrogen) atoms. The highest BCUT2D eigenvalue weighted by Crippen LogP contribution is 2.39. The number of morpholine rings is 1. The topological polar surface area (TPSA) is 29.3 Å². The van der Waals surface area contributed by atoms with Crippen molar-refractivity contribution in [3.63, 3.8) is 0 Å². The van der Waals surface area contributed by atoms with E-state index in [-0.39, 0.29) is 31.4 Å². The lowest BCUT2D eigenvalue weighted by Gasteiger charge is -2.15. The van der Waals surface area contributed by atoms with Gasteiger partial charge in [0.2, 0.25) is 0 Å². The van der Waals surface area contributed by atoms with Gasteiger partial charge in [0.25, 0.3) is 5.91 Å². The molecular weight excluding hydrogens is 316 g/mol. The van der Waals surface area contributed by atoms with Gasteiger partial charge in [-0.2, -0.15) is 26.3 Å². The summed E-state index contributed by atoms with van der Waals surface area (Å²) in [7, 11) is 0. The number of rotatable bonds is 1. The van der Waals surface area contributed by atoms with Crippen LogP contribution in [0.1, 0.15) is 21.5 Å². The highest BCUT2D eigenvalue weighted by atomic mass is 19.4. The lowest BCUT2D eigenvalue weighted by atomic mass is 10.0. The summed E-state index contributed by atoms with van der Waals surface area (Å²) in [5.74, 6) is -0.838. The second-order valence-corrected chi connectivity index (χ2v) is 5.18. The maximum atomic E-state index is 12.7. The van der Waals surface area contributed by atoms with Crippen LogP contribution < -0.4 is 0 Å². The Kier molecular flexibility index (Phi) is 3.17. The van der Waals surface area contributed by atoms with E-state index in [2.05, 4.69) is 0 Å². The summed E-state index contributed by atoms with van der Waals surface area (Å²) in [6.45, 7) is 0.503. The van der Waals surface area contributed by atoms with Crippen LogP contribution in [0, 0.1) is 0 Å². The number of hydrogen-bond acceptors (Lipinski definition) is 2. The fourth-order valence-corrected chi connectivity index (χ4v) is 2.56. The van der Waals surface area contributed by atoms with Crippen molar-refractivity contribution in [3.05, 3.63) is 34.9 Å². The van der Waals surface area contributed by atoms with E-state index in [1.807, 2.05) is 0 Å². The molecule has 3 nitrogen and oxygen atoms in total. The van der Waals surface area contributed by atoms with E-state index >= 15 is 0 Å². The number of fused-ring (bicyclic) bond motifs is 1. The summed E-state index contributed by atoms with van der Waals surface area (Å²) in [6.07, 6.45) is -9.93. The molecule has 0 saturated carbocycles. The van der Waals surface area contributed by atoms with Crippen LogP contribution in [-0.2, 0) is 17.1 Å². The average molecular weight is 325 g/mol. The molecule has 0 aromatic heterocycles. The summed E-state index contributed by atoms with van der Waals surface area (Å²) in [5.41, 5.74) is -3.60. The van der Waals surface area contributed by atoms with Crippen LogP contribution in [0.5, 0.6) is 0 Å². The van der Waals surface area contributed by atoms with Crippen LogP contribution >= 0.6 is 0 Å². The number of amides is 1. The fraction of sp³-hybridized carbons (Fsp3) is 0.462. The lowest BCUT2D eigenvalue weighted by molar-refractivity contribution is -0.143. The van der Waals surface area contributed by atoms with Gasteiger partial charge in [-0.1, -0.05) is 0 Å². The third-order valence-corrected chi connectivity index (χ3v) is 3.72. The molecule has 0 unspecified atom stereocenters. The molecule has 0 bridgehead atoms. The predicted octanol–water partition coefficient (Wildman–Crippen LogP) is 2.95. The van der Waals surface area contributed by atoms with Gasteiger partial charge in [-0.05, 0) is 18.2 Å².